The van der Waals surface area contributed by atoms with Crippen LogP contribution in [-0.2, 0) is 0 Å². The van der Waals surface area contributed by atoms with Crippen molar-refractivity contribution in [2.24, 2.45) is 10.4 Å². The number of aliphatic imine (C=N–C) groups is 1. The molecule has 31 heavy (non-hydrogen) atoms. The van der Waals surface area contributed by atoms with Gasteiger partial charge in [0.1, 0.15) is 23.1 Å². The molecule has 0 spiro atoms. The summed E-state index contributed by atoms with van der Waals surface area (Å²) in [5, 5.41) is 17.6. The standard InChI is InChI=1S/C22H30N6O2S/c1-13-11-12-16(30-13)18(22(2,3)4)25-20-19(26-31-27-20)24-15-10-8-9-14(17(15)29)21(23-5)28(6)7/h8-12,18,29H,1-7H3,(H,24,26)(H,25,27)/t18-/m0/s1. The largest absolute Gasteiger partial charge is 0.505 e. The van der Waals surface area contributed by atoms with E-state index in [-0.39, 0.29) is 17.2 Å². The number of nitrogens with one attached hydrogen (secondary N) is 2. The van der Waals surface area contributed by atoms with E-state index >= 15 is 0 Å². The van der Waals surface area contributed by atoms with Gasteiger partial charge in [-0.25, -0.2) is 0 Å². The molecule has 0 saturated carbocycles. The molecule has 0 aliphatic heterocycles. The molecule has 0 bridgehead atoms. The van der Waals surface area contributed by atoms with Crippen LogP contribution in [0.1, 0.15) is 43.9 Å². The number of anilines is 3. The fraction of sp³-hybridized carbons (Fsp3) is 0.409. The second-order valence-electron chi connectivity index (χ2n) is 8.62. The normalized spacial score (nSPS) is 13.2. The summed E-state index contributed by atoms with van der Waals surface area (Å²) in [4.78, 5) is 6.14. The Balaban J connectivity index is 1.91. The van der Waals surface area contributed by atoms with Crippen LogP contribution in [-0.4, -0.2) is 45.7 Å². The Kier molecular flexibility index (Phi) is 6.54. The van der Waals surface area contributed by atoms with Gasteiger partial charge in [0.25, 0.3) is 0 Å². The van der Waals surface area contributed by atoms with Crippen molar-refractivity contribution in [2.75, 3.05) is 31.8 Å². The highest BCUT2D eigenvalue weighted by Gasteiger charge is 2.30. The zero-order valence-electron chi connectivity index (χ0n) is 19.0. The molecule has 1 aromatic carbocycles. The molecule has 0 unspecified atom stereocenters. The van der Waals surface area contributed by atoms with Crippen LogP contribution in [0, 0.1) is 12.3 Å². The number of amidine groups is 1. The van der Waals surface area contributed by atoms with Gasteiger partial charge >= 0.3 is 0 Å². The number of aryl methyl sites for hydroxylation is 1. The molecule has 166 valence electrons. The van der Waals surface area contributed by atoms with E-state index < -0.39 is 0 Å². The lowest BCUT2D eigenvalue weighted by Crippen LogP contribution is -2.26. The van der Waals surface area contributed by atoms with Crippen molar-refractivity contribution >= 4 is 34.9 Å². The van der Waals surface area contributed by atoms with Crippen molar-refractivity contribution in [1.82, 2.24) is 13.6 Å². The number of rotatable bonds is 6. The molecule has 8 nitrogen and oxygen atoms in total. The van der Waals surface area contributed by atoms with Crippen molar-refractivity contribution in [2.45, 2.75) is 33.7 Å². The summed E-state index contributed by atoms with van der Waals surface area (Å²) in [6.45, 7) is 8.34. The smallest absolute Gasteiger partial charge is 0.188 e. The Hall–Kier alpha value is -3.07. The Morgan fingerprint density at radius 2 is 1.87 bits per heavy atom. The fourth-order valence-corrected chi connectivity index (χ4v) is 3.81. The zero-order chi connectivity index (χ0) is 22.8. The Labute approximate surface area is 187 Å². The number of benzene rings is 1. The molecule has 0 fully saturated rings. The predicted molar refractivity (Wildman–Crippen MR) is 127 cm³/mol. The molecule has 2 aromatic heterocycles. The summed E-state index contributed by atoms with van der Waals surface area (Å²) in [5.74, 6) is 3.61. The summed E-state index contributed by atoms with van der Waals surface area (Å²) in [5.41, 5.74) is 1.03. The average molecular weight is 443 g/mol. The van der Waals surface area contributed by atoms with Gasteiger partial charge < -0.3 is 25.1 Å². The number of furan rings is 1. The first-order valence-electron chi connectivity index (χ1n) is 10.0. The van der Waals surface area contributed by atoms with Gasteiger partial charge in [-0.3, -0.25) is 4.99 Å². The van der Waals surface area contributed by atoms with E-state index in [1.807, 2.05) is 50.2 Å². The first-order valence-corrected chi connectivity index (χ1v) is 10.7. The summed E-state index contributed by atoms with van der Waals surface area (Å²) in [6, 6.07) is 9.31. The first kappa shape index (κ1) is 22.6. The molecule has 9 heteroatoms. The molecule has 3 N–H and O–H groups in total. The molecular weight excluding hydrogens is 412 g/mol. The third kappa shape index (κ3) is 4.99. The van der Waals surface area contributed by atoms with Crippen molar-refractivity contribution in [3.8, 4) is 5.75 Å². The quantitative estimate of drug-likeness (QED) is 0.280. The minimum absolute atomic E-state index is 0.102. The SMILES string of the molecule is CN=C(c1cccc(Nc2nsnc2N[C@@H](c2ccc(C)o2)C(C)(C)C)c1O)N(C)C. The van der Waals surface area contributed by atoms with Crippen LogP contribution < -0.4 is 10.6 Å². The van der Waals surface area contributed by atoms with Crippen molar-refractivity contribution in [3.63, 3.8) is 0 Å². The number of phenols is 1. The number of phenolic OH excluding ortho intramolecular Hbond substituents is 1. The number of para-hydroxylation sites is 1. The van der Waals surface area contributed by atoms with Crippen LogP contribution in [0.2, 0.25) is 0 Å². The van der Waals surface area contributed by atoms with Crippen LogP contribution in [0.4, 0.5) is 17.3 Å². The van der Waals surface area contributed by atoms with Crippen LogP contribution in [0.25, 0.3) is 0 Å². The van der Waals surface area contributed by atoms with Gasteiger partial charge in [0.15, 0.2) is 11.6 Å². The van der Waals surface area contributed by atoms with Gasteiger partial charge in [-0.1, -0.05) is 26.8 Å². The summed E-state index contributed by atoms with van der Waals surface area (Å²) in [7, 11) is 5.47. The van der Waals surface area contributed by atoms with Crippen LogP contribution in [0.3, 0.4) is 0 Å². The lowest BCUT2D eigenvalue weighted by Gasteiger charge is -2.30. The van der Waals surface area contributed by atoms with Gasteiger partial charge in [-0.05, 0) is 36.6 Å². The molecule has 0 aliphatic carbocycles. The molecule has 0 aliphatic rings. The highest BCUT2D eigenvalue weighted by Crippen LogP contribution is 2.39. The number of aromatic nitrogens is 2. The molecule has 3 rings (SSSR count). The topological polar surface area (TPSA) is 98.8 Å². The minimum Gasteiger partial charge on any atom is -0.505 e. The van der Waals surface area contributed by atoms with Crippen LogP contribution in [0.5, 0.6) is 5.75 Å². The van der Waals surface area contributed by atoms with E-state index in [4.69, 9.17) is 4.42 Å². The lowest BCUT2D eigenvalue weighted by atomic mass is 9.85. The summed E-state index contributed by atoms with van der Waals surface area (Å²) >= 11 is 1.10. The molecule has 2 heterocycles. The third-order valence-corrected chi connectivity index (χ3v) is 5.38. The highest BCUT2D eigenvalue weighted by atomic mass is 32.1. The van der Waals surface area contributed by atoms with Gasteiger partial charge in [-0.2, -0.15) is 8.75 Å². The average Bonchev–Trinajstić information content (AvgIpc) is 3.30. The maximum atomic E-state index is 10.9. The molecule has 1 atom stereocenters. The molecule has 0 radical (unpaired) electrons. The number of aromatic hydroxyl groups is 1. The third-order valence-electron chi connectivity index (χ3n) is 4.85. The summed E-state index contributed by atoms with van der Waals surface area (Å²) < 4.78 is 14.7. The van der Waals surface area contributed by atoms with Gasteiger partial charge in [0.2, 0.25) is 0 Å². The number of hydrogen-bond acceptors (Lipinski definition) is 8. The van der Waals surface area contributed by atoms with E-state index in [0.29, 0.717) is 28.7 Å². The molecule has 3 aromatic rings. The van der Waals surface area contributed by atoms with Crippen LogP contribution >= 0.6 is 11.7 Å². The van der Waals surface area contributed by atoms with Crippen LogP contribution in [0.15, 0.2) is 39.7 Å². The molecule has 0 amide bonds. The van der Waals surface area contributed by atoms with Gasteiger partial charge in [0.05, 0.1) is 29.0 Å². The van der Waals surface area contributed by atoms with E-state index in [0.717, 1.165) is 23.2 Å². The molecular formula is C22H30N6O2S. The van der Waals surface area contributed by atoms with Crippen molar-refractivity contribution < 1.29 is 9.52 Å². The van der Waals surface area contributed by atoms with Crippen molar-refractivity contribution in [3.05, 3.63) is 47.4 Å². The molecule has 0 saturated heterocycles. The van der Waals surface area contributed by atoms with E-state index in [2.05, 4.69) is 45.1 Å². The lowest BCUT2D eigenvalue weighted by molar-refractivity contribution is 0.300. The second-order valence-corrected chi connectivity index (χ2v) is 9.15. The Bertz CT molecular complexity index is 1060. The second kappa shape index (κ2) is 8.97. The van der Waals surface area contributed by atoms with E-state index in [1.165, 1.54) is 0 Å². The zero-order valence-corrected chi connectivity index (χ0v) is 19.8. The minimum atomic E-state index is -0.133. The summed E-state index contributed by atoms with van der Waals surface area (Å²) in [6.07, 6.45) is 0. The van der Waals surface area contributed by atoms with E-state index in [1.54, 1.807) is 13.1 Å². The fourth-order valence-electron chi connectivity index (χ4n) is 3.34. The highest BCUT2D eigenvalue weighted by molar-refractivity contribution is 6.99. The predicted octanol–water partition coefficient (Wildman–Crippen LogP) is 5.03. The van der Waals surface area contributed by atoms with E-state index in [9.17, 15) is 5.11 Å². The maximum Gasteiger partial charge on any atom is 0.188 e. The first-order chi connectivity index (χ1) is 14.6. The van der Waals surface area contributed by atoms with Gasteiger partial charge in [0, 0.05) is 21.1 Å². The van der Waals surface area contributed by atoms with Crippen molar-refractivity contribution in [1.29, 1.82) is 0 Å². The van der Waals surface area contributed by atoms with Gasteiger partial charge in [-0.15, -0.1) is 0 Å². The number of hydrogen-bond donors (Lipinski definition) is 3. The monoisotopic (exact) mass is 442 g/mol. The Morgan fingerprint density at radius 3 is 2.45 bits per heavy atom. The Morgan fingerprint density at radius 1 is 1.16 bits per heavy atom. The maximum absolute atomic E-state index is 10.9. The number of nitrogens with zero attached hydrogens (tertiary/aromatic N) is 4.